The SMILES string of the molecule is COC(=O)C1CN(C(=O)OC(C)(C)C)CCC1NCc1ccccc1. The molecule has 2 unspecified atom stereocenters. The van der Waals surface area contributed by atoms with Crippen LogP contribution in [0.4, 0.5) is 4.79 Å². The number of esters is 1. The molecule has 1 N–H and O–H groups in total. The third-order valence-corrected chi connectivity index (χ3v) is 4.18. The molecule has 6 nitrogen and oxygen atoms in total. The number of piperidine rings is 1. The fourth-order valence-corrected chi connectivity index (χ4v) is 2.92. The van der Waals surface area contributed by atoms with Gasteiger partial charge in [0.1, 0.15) is 5.60 Å². The first kappa shape index (κ1) is 19.2. The van der Waals surface area contributed by atoms with Gasteiger partial charge in [0.05, 0.1) is 13.0 Å². The molecule has 1 amide bonds. The predicted molar refractivity (Wildman–Crippen MR) is 95.0 cm³/mol. The van der Waals surface area contributed by atoms with Crippen LogP contribution in [0.5, 0.6) is 0 Å². The monoisotopic (exact) mass is 348 g/mol. The van der Waals surface area contributed by atoms with Gasteiger partial charge in [0.2, 0.25) is 0 Å². The number of nitrogens with zero attached hydrogens (tertiary/aromatic N) is 1. The molecule has 0 saturated carbocycles. The molecule has 1 saturated heterocycles. The van der Waals surface area contributed by atoms with E-state index in [0.717, 1.165) is 5.56 Å². The van der Waals surface area contributed by atoms with Crippen LogP contribution in [-0.2, 0) is 20.8 Å². The Hall–Kier alpha value is -2.08. The van der Waals surface area contributed by atoms with Crippen LogP contribution in [0.2, 0.25) is 0 Å². The zero-order valence-corrected chi connectivity index (χ0v) is 15.5. The number of hydrogen-bond acceptors (Lipinski definition) is 5. The highest BCUT2D eigenvalue weighted by atomic mass is 16.6. The Morgan fingerprint density at radius 3 is 2.52 bits per heavy atom. The number of hydrogen-bond donors (Lipinski definition) is 1. The normalized spacial score (nSPS) is 20.9. The van der Waals surface area contributed by atoms with Crippen LogP contribution in [-0.4, -0.2) is 48.8 Å². The Bertz CT molecular complexity index is 583. The van der Waals surface area contributed by atoms with Gasteiger partial charge in [0.15, 0.2) is 0 Å². The molecule has 1 aliphatic heterocycles. The summed E-state index contributed by atoms with van der Waals surface area (Å²) in [7, 11) is 1.38. The molecule has 2 atom stereocenters. The Morgan fingerprint density at radius 2 is 1.92 bits per heavy atom. The van der Waals surface area contributed by atoms with Crippen molar-refractivity contribution in [2.45, 2.75) is 45.4 Å². The lowest BCUT2D eigenvalue weighted by Crippen LogP contribution is -2.54. The van der Waals surface area contributed by atoms with Gasteiger partial charge in [-0.15, -0.1) is 0 Å². The molecule has 0 aromatic heterocycles. The molecule has 0 aliphatic carbocycles. The van der Waals surface area contributed by atoms with Crippen molar-refractivity contribution in [1.29, 1.82) is 0 Å². The average molecular weight is 348 g/mol. The molecule has 25 heavy (non-hydrogen) atoms. The lowest BCUT2D eigenvalue weighted by Gasteiger charge is -2.38. The molecule has 1 fully saturated rings. The number of methoxy groups -OCH3 is 1. The highest BCUT2D eigenvalue weighted by Crippen LogP contribution is 2.21. The summed E-state index contributed by atoms with van der Waals surface area (Å²) in [6.07, 6.45) is 0.286. The van der Waals surface area contributed by atoms with Gasteiger partial charge in [0, 0.05) is 25.7 Å². The third-order valence-electron chi connectivity index (χ3n) is 4.18. The van der Waals surface area contributed by atoms with E-state index in [1.807, 2.05) is 51.1 Å². The van der Waals surface area contributed by atoms with Crippen LogP contribution < -0.4 is 5.32 Å². The Kier molecular flexibility index (Phi) is 6.42. The maximum absolute atomic E-state index is 12.3. The Labute approximate surface area is 149 Å². The van der Waals surface area contributed by atoms with Gasteiger partial charge in [-0.1, -0.05) is 30.3 Å². The van der Waals surface area contributed by atoms with Gasteiger partial charge in [-0.05, 0) is 32.8 Å². The van der Waals surface area contributed by atoms with E-state index in [9.17, 15) is 9.59 Å². The lowest BCUT2D eigenvalue weighted by atomic mass is 9.92. The van der Waals surface area contributed by atoms with Gasteiger partial charge in [0.25, 0.3) is 0 Å². The zero-order chi connectivity index (χ0) is 18.4. The van der Waals surface area contributed by atoms with E-state index in [-0.39, 0.29) is 18.1 Å². The minimum absolute atomic E-state index is 0.0358. The molecule has 0 spiro atoms. The molecule has 1 aromatic rings. The summed E-state index contributed by atoms with van der Waals surface area (Å²) in [6.45, 7) is 7.01. The molecular formula is C19H28N2O4. The second-order valence-electron chi connectivity index (χ2n) is 7.32. The van der Waals surface area contributed by atoms with E-state index in [1.165, 1.54) is 7.11 Å². The number of likely N-dealkylation sites (tertiary alicyclic amines) is 1. The number of ether oxygens (including phenoxy) is 2. The first-order valence-electron chi connectivity index (χ1n) is 8.63. The number of nitrogens with one attached hydrogen (secondary N) is 1. The fraction of sp³-hybridized carbons (Fsp3) is 0.579. The number of rotatable bonds is 4. The smallest absolute Gasteiger partial charge is 0.410 e. The van der Waals surface area contributed by atoms with Crippen LogP contribution >= 0.6 is 0 Å². The van der Waals surface area contributed by atoms with E-state index < -0.39 is 11.5 Å². The van der Waals surface area contributed by atoms with Crippen molar-refractivity contribution in [3.8, 4) is 0 Å². The van der Waals surface area contributed by atoms with Crippen molar-refractivity contribution in [1.82, 2.24) is 10.2 Å². The summed E-state index contributed by atoms with van der Waals surface area (Å²) in [4.78, 5) is 26.1. The maximum Gasteiger partial charge on any atom is 0.410 e. The van der Waals surface area contributed by atoms with Gasteiger partial charge in [-0.3, -0.25) is 4.79 Å². The summed E-state index contributed by atoms with van der Waals surface area (Å²) in [5.74, 6) is -0.714. The fourth-order valence-electron chi connectivity index (χ4n) is 2.92. The van der Waals surface area contributed by atoms with Crippen LogP contribution in [0.1, 0.15) is 32.8 Å². The largest absolute Gasteiger partial charge is 0.469 e. The van der Waals surface area contributed by atoms with E-state index in [4.69, 9.17) is 9.47 Å². The molecule has 2 rings (SSSR count). The van der Waals surface area contributed by atoms with Gasteiger partial charge >= 0.3 is 12.1 Å². The standard InChI is InChI=1S/C19H28N2O4/c1-19(2,3)25-18(23)21-11-10-16(15(13-21)17(22)24-4)20-12-14-8-6-5-7-9-14/h5-9,15-16,20H,10-13H2,1-4H3. The Balaban J connectivity index is 2.00. The van der Waals surface area contributed by atoms with Crippen molar-refractivity contribution in [2.24, 2.45) is 5.92 Å². The molecule has 0 radical (unpaired) electrons. The summed E-state index contributed by atoms with van der Waals surface area (Å²) in [5.41, 5.74) is 0.598. The number of carbonyl (C=O) groups is 2. The molecule has 0 bridgehead atoms. The highest BCUT2D eigenvalue weighted by molar-refractivity contribution is 5.75. The number of benzene rings is 1. The van der Waals surface area contributed by atoms with Crippen LogP contribution in [0.25, 0.3) is 0 Å². The summed E-state index contributed by atoms with van der Waals surface area (Å²) in [6, 6.07) is 9.98. The number of carbonyl (C=O) groups excluding carboxylic acids is 2. The van der Waals surface area contributed by atoms with Crippen LogP contribution in [0, 0.1) is 5.92 Å². The van der Waals surface area contributed by atoms with Crippen LogP contribution in [0.15, 0.2) is 30.3 Å². The molecule has 1 aromatic carbocycles. The predicted octanol–water partition coefficient (Wildman–Crippen LogP) is 2.57. The highest BCUT2D eigenvalue weighted by Gasteiger charge is 2.37. The van der Waals surface area contributed by atoms with Crippen LogP contribution in [0.3, 0.4) is 0 Å². The minimum Gasteiger partial charge on any atom is -0.469 e. The van der Waals surface area contributed by atoms with Crippen molar-refractivity contribution < 1.29 is 19.1 Å². The van der Waals surface area contributed by atoms with E-state index >= 15 is 0 Å². The average Bonchev–Trinajstić information content (AvgIpc) is 2.58. The second-order valence-corrected chi connectivity index (χ2v) is 7.32. The first-order valence-corrected chi connectivity index (χ1v) is 8.63. The molecule has 1 aliphatic rings. The van der Waals surface area contributed by atoms with E-state index in [0.29, 0.717) is 26.1 Å². The Morgan fingerprint density at radius 1 is 1.24 bits per heavy atom. The molecular weight excluding hydrogens is 320 g/mol. The first-order chi connectivity index (χ1) is 11.8. The zero-order valence-electron chi connectivity index (χ0n) is 15.5. The quantitative estimate of drug-likeness (QED) is 0.847. The topological polar surface area (TPSA) is 67.9 Å². The third kappa shape index (κ3) is 5.74. The van der Waals surface area contributed by atoms with E-state index in [1.54, 1.807) is 4.90 Å². The lowest BCUT2D eigenvalue weighted by molar-refractivity contribution is -0.148. The van der Waals surface area contributed by atoms with Crippen molar-refractivity contribution >= 4 is 12.1 Å². The van der Waals surface area contributed by atoms with Gasteiger partial charge in [-0.25, -0.2) is 4.79 Å². The summed E-state index contributed by atoms with van der Waals surface area (Å²) >= 11 is 0. The molecule has 6 heteroatoms. The maximum atomic E-state index is 12.3. The van der Waals surface area contributed by atoms with Crippen molar-refractivity contribution in [2.75, 3.05) is 20.2 Å². The van der Waals surface area contributed by atoms with Crippen molar-refractivity contribution in [3.05, 3.63) is 35.9 Å². The summed E-state index contributed by atoms with van der Waals surface area (Å²) < 4.78 is 10.4. The minimum atomic E-state index is -0.555. The number of amides is 1. The van der Waals surface area contributed by atoms with Gasteiger partial charge in [-0.2, -0.15) is 0 Å². The van der Waals surface area contributed by atoms with E-state index in [2.05, 4.69) is 5.32 Å². The summed E-state index contributed by atoms with van der Waals surface area (Å²) in [5, 5.41) is 3.43. The van der Waals surface area contributed by atoms with Gasteiger partial charge < -0.3 is 19.7 Å². The van der Waals surface area contributed by atoms with Crippen molar-refractivity contribution in [3.63, 3.8) is 0 Å². The molecule has 138 valence electrons. The second kappa shape index (κ2) is 8.34. The molecule has 1 heterocycles.